The van der Waals surface area contributed by atoms with Crippen molar-refractivity contribution in [2.24, 2.45) is 23.7 Å². The number of hydrogen-bond donors (Lipinski definition) is 2. The molecule has 0 aliphatic heterocycles. The zero-order valence-electron chi connectivity index (χ0n) is 19.0. The zero-order valence-corrected chi connectivity index (χ0v) is 19.0. The largest absolute Gasteiger partial charge is 0.490 e. The Hall–Kier alpha value is -1.75. The lowest BCUT2D eigenvalue weighted by Crippen LogP contribution is -2.54. The highest BCUT2D eigenvalue weighted by molar-refractivity contribution is 5.78. The van der Waals surface area contributed by atoms with E-state index in [1.54, 1.807) is 0 Å². The van der Waals surface area contributed by atoms with Crippen LogP contribution in [-0.4, -0.2) is 30.7 Å². The van der Waals surface area contributed by atoms with Crippen LogP contribution in [0.25, 0.3) is 0 Å². The SMILES string of the molecule is CCOc1cc(CNC2C3CC4CC(C3)CC2C4)ccc1OCC(=O)NC(C)(C)C. The van der Waals surface area contributed by atoms with Gasteiger partial charge in [-0.2, -0.15) is 0 Å². The van der Waals surface area contributed by atoms with Gasteiger partial charge in [0.25, 0.3) is 5.91 Å². The fourth-order valence-electron chi connectivity index (χ4n) is 6.14. The van der Waals surface area contributed by atoms with Gasteiger partial charge in [-0.3, -0.25) is 4.79 Å². The van der Waals surface area contributed by atoms with Gasteiger partial charge >= 0.3 is 0 Å². The molecule has 166 valence electrons. The molecule has 0 aromatic heterocycles. The average Bonchev–Trinajstić information content (AvgIpc) is 2.65. The Labute approximate surface area is 181 Å². The predicted octanol–water partition coefficient (Wildman–Crippen LogP) is 4.29. The monoisotopic (exact) mass is 414 g/mol. The number of carbonyl (C=O) groups is 1. The van der Waals surface area contributed by atoms with Crippen molar-refractivity contribution in [3.63, 3.8) is 0 Å². The van der Waals surface area contributed by atoms with E-state index in [4.69, 9.17) is 9.47 Å². The topological polar surface area (TPSA) is 59.6 Å². The number of carbonyl (C=O) groups excluding carboxylic acids is 1. The van der Waals surface area contributed by atoms with E-state index in [9.17, 15) is 4.79 Å². The summed E-state index contributed by atoms with van der Waals surface area (Å²) in [5.74, 6) is 4.96. The Bertz CT molecular complexity index is 727. The molecule has 1 amide bonds. The summed E-state index contributed by atoms with van der Waals surface area (Å²) >= 11 is 0. The molecule has 0 radical (unpaired) electrons. The third kappa shape index (κ3) is 5.11. The molecule has 5 rings (SSSR count). The zero-order chi connectivity index (χ0) is 21.3. The summed E-state index contributed by atoms with van der Waals surface area (Å²) in [5, 5.41) is 6.80. The first-order valence-corrected chi connectivity index (χ1v) is 11.7. The molecule has 1 aromatic carbocycles. The molecule has 4 aliphatic carbocycles. The smallest absolute Gasteiger partial charge is 0.258 e. The molecular weight excluding hydrogens is 376 g/mol. The number of hydrogen-bond acceptors (Lipinski definition) is 4. The number of rotatable bonds is 8. The second-order valence-corrected chi connectivity index (χ2v) is 10.6. The molecule has 4 saturated carbocycles. The van der Waals surface area contributed by atoms with Crippen molar-refractivity contribution in [3.8, 4) is 11.5 Å². The first-order valence-electron chi connectivity index (χ1n) is 11.7. The van der Waals surface area contributed by atoms with Crippen molar-refractivity contribution in [2.45, 2.75) is 77.9 Å². The molecule has 0 heterocycles. The summed E-state index contributed by atoms with van der Waals surface area (Å²) in [6.07, 6.45) is 7.21. The molecule has 0 spiro atoms. The van der Waals surface area contributed by atoms with Gasteiger partial charge in [-0.1, -0.05) is 6.07 Å². The highest BCUT2D eigenvalue weighted by Gasteiger charge is 2.47. The summed E-state index contributed by atoms with van der Waals surface area (Å²) in [7, 11) is 0. The Balaban J connectivity index is 1.35. The van der Waals surface area contributed by atoms with Crippen LogP contribution in [0, 0.1) is 23.7 Å². The first kappa shape index (κ1) is 21.5. The first-order chi connectivity index (χ1) is 14.3. The Morgan fingerprint density at radius 3 is 2.27 bits per heavy atom. The minimum Gasteiger partial charge on any atom is -0.490 e. The quantitative estimate of drug-likeness (QED) is 0.666. The number of benzene rings is 1. The minimum absolute atomic E-state index is 0.0112. The molecule has 30 heavy (non-hydrogen) atoms. The van der Waals surface area contributed by atoms with E-state index >= 15 is 0 Å². The lowest BCUT2D eigenvalue weighted by Gasteiger charge is -2.54. The molecule has 5 heteroatoms. The normalized spacial score (nSPS) is 29.7. The number of nitrogens with one attached hydrogen (secondary N) is 2. The van der Waals surface area contributed by atoms with Crippen LogP contribution in [-0.2, 0) is 11.3 Å². The van der Waals surface area contributed by atoms with Crippen LogP contribution in [0.2, 0.25) is 0 Å². The summed E-state index contributed by atoms with van der Waals surface area (Å²) in [5.41, 5.74) is 0.940. The molecule has 4 fully saturated rings. The van der Waals surface area contributed by atoms with E-state index < -0.39 is 0 Å². The van der Waals surface area contributed by atoms with Gasteiger partial charge in [-0.05, 0) is 101 Å². The number of amides is 1. The van der Waals surface area contributed by atoms with Gasteiger partial charge < -0.3 is 20.1 Å². The van der Waals surface area contributed by atoms with Gasteiger partial charge in [0.15, 0.2) is 18.1 Å². The van der Waals surface area contributed by atoms with Gasteiger partial charge in [0.2, 0.25) is 0 Å². The van der Waals surface area contributed by atoms with Crippen LogP contribution in [0.15, 0.2) is 18.2 Å². The maximum absolute atomic E-state index is 12.1. The van der Waals surface area contributed by atoms with Crippen LogP contribution < -0.4 is 20.1 Å². The minimum atomic E-state index is -0.267. The van der Waals surface area contributed by atoms with Crippen LogP contribution >= 0.6 is 0 Å². The summed E-state index contributed by atoms with van der Waals surface area (Å²) < 4.78 is 11.6. The summed E-state index contributed by atoms with van der Waals surface area (Å²) in [6.45, 7) is 9.26. The van der Waals surface area contributed by atoms with Crippen molar-refractivity contribution in [3.05, 3.63) is 23.8 Å². The summed E-state index contributed by atoms with van der Waals surface area (Å²) in [6, 6.07) is 6.75. The van der Waals surface area contributed by atoms with Gasteiger partial charge in [-0.25, -0.2) is 0 Å². The van der Waals surface area contributed by atoms with E-state index in [0.29, 0.717) is 24.1 Å². The van der Waals surface area contributed by atoms with Gasteiger partial charge in [0.05, 0.1) is 6.61 Å². The maximum Gasteiger partial charge on any atom is 0.258 e. The Kier molecular flexibility index (Phi) is 6.29. The molecule has 0 atom stereocenters. The van der Waals surface area contributed by atoms with Crippen molar-refractivity contribution in [2.75, 3.05) is 13.2 Å². The van der Waals surface area contributed by atoms with Crippen molar-refractivity contribution in [1.82, 2.24) is 10.6 Å². The van der Waals surface area contributed by atoms with Crippen LogP contribution in [0.1, 0.15) is 65.4 Å². The lowest BCUT2D eigenvalue weighted by molar-refractivity contribution is -0.124. The van der Waals surface area contributed by atoms with Gasteiger partial charge in [0.1, 0.15) is 0 Å². The van der Waals surface area contributed by atoms with Crippen molar-refractivity contribution >= 4 is 5.91 Å². The predicted molar refractivity (Wildman–Crippen MR) is 119 cm³/mol. The van der Waals surface area contributed by atoms with E-state index in [-0.39, 0.29) is 18.1 Å². The van der Waals surface area contributed by atoms with Gasteiger partial charge in [-0.15, -0.1) is 0 Å². The molecule has 0 saturated heterocycles. The lowest BCUT2D eigenvalue weighted by atomic mass is 9.54. The molecule has 5 nitrogen and oxygen atoms in total. The fraction of sp³-hybridized carbons (Fsp3) is 0.720. The van der Waals surface area contributed by atoms with E-state index in [2.05, 4.69) is 22.8 Å². The average molecular weight is 415 g/mol. The van der Waals surface area contributed by atoms with Crippen LogP contribution in [0.5, 0.6) is 11.5 Å². The van der Waals surface area contributed by atoms with Crippen LogP contribution in [0.3, 0.4) is 0 Å². The van der Waals surface area contributed by atoms with E-state index in [1.165, 1.54) is 37.7 Å². The standard InChI is InChI=1S/C25H38N2O3/c1-5-29-22-13-16(6-7-21(22)30-15-23(28)27-25(2,3)4)14-26-24-19-9-17-8-18(11-19)12-20(24)10-17/h6-7,13,17-20,24,26H,5,8-12,14-15H2,1-4H3,(H,27,28). The third-order valence-electron chi connectivity index (χ3n) is 6.95. The highest BCUT2D eigenvalue weighted by Crippen LogP contribution is 2.53. The van der Waals surface area contributed by atoms with Gasteiger partial charge in [0, 0.05) is 18.1 Å². The van der Waals surface area contributed by atoms with E-state index in [0.717, 1.165) is 30.2 Å². The van der Waals surface area contributed by atoms with E-state index in [1.807, 2.05) is 33.8 Å². The Morgan fingerprint density at radius 2 is 1.67 bits per heavy atom. The number of ether oxygens (including phenoxy) is 2. The molecule has 4 aliphatic rings. The maximum atomic E-state index is 12.1. The fourth-order valence-corrected chi connectivity index (χ4v) is 6.14. The second kappa shape index (κ2) is 8.78. The molecule has 4 bridgehead atoms. The molecular formula is C25H38N2O3. The van der Waals surface area contributed by atoms with Crippen molar-refractivity contribution < 1.29 is 14.3 Å². The summed E-state index contributed by atoms with van der Waals surface area (Å²) in [4.78, 5) is 12.1. The van der Waals surface area contributed by atoms with Crippen molar-refractivity contribution in [1.29, 1.82) is 0 Å². The molecule has 0 unspecified atom stereocenters. The third-order valence-corrected chi connectivity index (χ3v) is 6.95. The van der Waals surface area contributed by atoms with Crippen LogP contribution in [0.4, 0.5) is 0 Å². The Morgan fingerprint density at radius 1 is 1.00 bits per heavy atom. The second-order valence-electron chi connectivity index (χ2n) is 10.6. The highest BCUT2D eigenvalue weighted by atomic mass is 16.5. The molecule has 1 aromatic rings. The molecule has 2 N–H and O–H groups in total.